The van der Waals surface area contributed by atoms with E-state index in [-0.39, 0.29) is 23.7 Å². The summed E-state index contributed by atoms with van der Waals surface area (Å²) in [6.45, 7) is -0.148. The summed E-state index contributed by atoms with van der Waals surface area (Å²) in [4.78, 5) is 13.1. The summed E-state index contributed by atoms with van der Waals surface area (Å²) in [5, 5.41) is 18.4. The third kappa shape index (κ3) is 2.31. The van der Waals surface area contributed by atoms with Crippen molar-refractivity contribution in [3.05, 3.63) is 34.4 Å². The number of halogens is 3. The Kier molecular flexibility index (Phi) is 3.52. The molecule has 0 saturated carbocycles. The van der Waals surface area contributed by atoms with Crippen LogP contribution in [0.1, 0.15) is 10.4 Å². The zero-order valence-corrected chi connectivity index (χ0v) is 9.86. The number of amides is 1. The summed E-state index contributed by atoms with van der Waals surface area (Å²) in [5.74, 6) is -2.98. The van der Waals surface area contributed by atoms with E-state index in [1.807, 2.05) is 0 Å². The van der Waals surface area contributed by atoms with Crippen molar-refractivity contribution in [1.29, 1.82) is 0 Å². The van der Waals surface area contributed by atoms with Gasteiger partial charge in [0.15, 0.2) is 11.6 Å². The summed E-state index contributed by atoms with van der Waals surface area (Å²) in [6.07, 6.45) is -2.09. The second-order valence-electron chi connectivity index (χ2n) is 4.09. The molecule has 2 atom stereocenters. The smallest absolute Gasteiger partial charge is 0.255 e. The molecule has 0 bridgehead atoms. The monoisotopic (exact) mass is 277 g/mol. The van der Waals surface area contributed by atoms with Gasteiger partial charge in [0.1, 0.15) is 0 Å². The average Bonchev–Trinajstić information content (AvgIpc) is 2.63. The molecule has 1 heterocycles. The molecule has 98 valence electrons. The van der Waals surface area contributed by atoms with E-state index in [0.717, 1.165) is 4.90 Å². The van der Waals surface area contributed by atoms with Crippen molar-refractivity contribution in [2.45, 2.75) is 12.2 Å². The van der Waals surface area contributed by atoms with E-state index in [2.05, 4.69) is 0 Å². The van der Waals surface area contributed by atoms with Gasteiger partial charge in [0.25, 0.3) is 5.91 Å². The molecule has 4 nitrogen and oxygen atoms in total. The van der Waals surface area contributed by atoms with Crippen LogP contribution in [0.25, 0.3) is 0 Å². The predicted octanol–water partition coefficient (Wildman–Crippen LogP) is 0.796. The number of hydrogen-bond donors (Lipinski definition) is 2. The Hall–Kier alpha value is -1.24. The van der Waals surface area contributed by atoms with E-state index in [9.17, 15) is 23.8 Å². The molecule has 0 unspecified atom stereocenters. The Morgan fingerprint density at radius 2 is 1.72 bits per heavy atom. The van der Waals surface area contributed by atoms with Gasteiger partial charge in [-0.3, -0.25) is 4.79 Å². The molecule has 2 N–H and O–H groups in total. The van der Waals surface area contributed by atoms with Crippen LogP contribution in [0.2, 0.25) is 5.02 Å². The Morgan fingerprint density at radius 1 is 1.22 bits per heavy atom. The molecule has 0 aromatic heterocycles. The van der Waals surface area contributed by atoms with Crippen molar-refractivity contribution >= 4 is 17.5 Å². The Balaban J connectivity index is 2.27. The van der Waals surface area contributed by atoms with E-state index in [4.69, 9.17) is 11.6 Å². The summed E-state index contributed by atoms with van der Waals surface area (Å²) in [7, 11) is 0. The Morgan fingerprint density at radius 3 is 2.28 bits per heavy atom. The van der Waals surface area contributed by atoms with Crippen molar-refractivity contribution in [2.24, 2.45) is 0 Å². The van der Waals surface area contributed by atoms with Crippen molar-refractivity contribution in [3.8, 4) is 0 Å². The Bertz CT molecular complexity index is 487. The molecule has 0 aliphatic carbocycles. The number of benzene rings is 1. The first-order valence-corrected chi connectivity index (χ1v) is 5.58. The van der Waals surface area contributed by atoms with Gasteiger partial charge in [-0.1, -0.05) is 11.6 Å². The van der Waals surface area contributed by atoms with Gasteiger partial charge >= 0.3 is 0 Å². The van der Waals surface area contributed by atoms with Gasteiger partial charge < -0.3 is 15.1 Å². The number of carbonyl (C=O) groups is 1. The zero-order valence-electron chi connectivity index (χ0n) is 9.11. The van der Waals surface area contributed by atoms with Crippen LogP contribution in [-0.2, 0) is 0 Å². The van der Waals surface area contributed by atoms with Gasteiger partial charge in [0.2, 0.25) is 0 Å². The van der Waals surface area contributed by atoms with Gasteiger partial charge in [0, 0.05) is 13.1 Å². The fourth-order valence-corrected chi connectivity index (χ4v) is 2.02. The largest absolute Gasteiger partial charge is 0.388 e. The molecule has 1 fully saturated rings. The van der Waals surface area contributed by atoms with Crippen LogP contribution >= 0.6 is 11.6 Å². The van der Waals surface area contributed by atoms with Crippen molar-refractivity contribution < 1.29 is 23.8 Å². The molecular weight excluding hydrogens is 268 g/mol. The summed E-state index contributed by atoms with van der Waals surface area (Å²) in [5.41, 5.74) is -0.197. The third-order valence-electron chi connectivity index (χ3n) is 2.79. The van der Waals surface area contributed by atoms with E-state index < -0.39 is 29.7 Å². The highest BCUT2D eigenvalue weighted by atomic mass is 35.5. The number of aliphatic hydroxyl groups is 2. The van der Waals surface area contributed by atoms with Crippen LogP contribution in [0.15, 0.2) is 12.1 Å². The third-order valence-corrected chi connectivity index (χ3v) is 3.10. The molecule has 2 rings (SSSR count). The van der Waals surface area contributed by atoms with Gasteiger partial charge in [-0.25, -0.2) is 8.78 Å². The number of rotatable bonds is 1. The second-order valence-corrected chi connectivity index (χ2v) is 4.50. The second kappa shape index (κ2) is 4.79. The van der Waals surface area contributed by atoms with Crippen LogP contribution in [0.4, 0.5) is 8.78 Å². The number of hydrogen-bond acceptors (Lipinski definition) is 3. The molecule has 1 amide bonds. The molecule has 1 saturated heterocycles. The van der Waals surface area contributed by atoms with Crippen molar-refractivity contribution in [2.75, 3.05) is 13.1 Å². The maximum atomic E-state index is 13.1. The minimum Gasteiger partial charge on any atom is -0.388 e. The number of likely N-dealkylation sites (tertiary alicyclic amines) is 1. The molecule has 7 heteroatoms. The van der Waals surface area contributed by atoms with Crippen LogP contribution < -0.4 is 0 Å². The van der Waals surface area contributed by atoms with Crippen LogP contribution in [-0.4, -0.2) is 46.3 Å². The highest BCUT2D eigenvalue weighted by molar-refractivity contribution is 6.33. The SMILES string of the molecule is O=C(c1cc(F)c(F)cc1Cl)N1C[C@@H](O)[C@@H](O)C1. The summed E-state index contributed by atoms with van der Waals surface area (Å²) in [6, 6.07) is 1.42. The number of nitrogens with zero attached hydrogens (tertiary/aromatic N) is 1. The van der Waals surface area contributed by atoms with E-state index in [1.165, 1.54) is 0 Å². The maximum absolute atomic E-state index is 13.1. The lowest BCUT2D eigenvalue weighted by atomic mass is 10.2. The van der Waals surface area contributed by atoms with Crippen LogP contribution in [0.5, 0.6) is 0 Å². The summed E-state index contributed by atoms with van der Waals surface area (Å²) < 4.78 is 25.9. The fourth-order valence-electron chi connectivity index (χ4n) is 1.79. The lowest BCUT2D eigenvalue weighted by Gasteiger charge is -2.16. The first-order valence-electron chi connectivity index (χ1n) is 5.20. The lowest BCUT2D eigenvalue weighted by molar-refractivity contribution is 0.0572. The lowest BCUT2D eigenvalue weighted by Crippen LogP contribution is -2.30. The highest BCUT2D eigenvalue weighted by Crippen LogP contribution is 2.23. The number of β-amino-alcohol motifs (C(OH)–C–C–N with tert-alkyl or cyclic N) is 2. The molecule has 18 heavy (non-hydrogen) atoms. The van der Waals surface area contributed by atoms with Crippen molar-refractivity contribution in [1.82, 2.24) is 4.90 Å². The standard InChI is InChI=1S/C11H10ClF2NO3/c12-6-2-8(14)7(13)1-5(6)11(18)15-3-9(16)10(17)4-15/h1-2,9-10,16-17H,3-4H2/t9-,10+. The molecular formula is C11H10ClF2NO3. The zero-order chi connectivity index (χ0) is 13.4. The van der Waals surface area contributed by atoms with Gasteiger partial charge in [-0.2, -0.15) is 0 Å². The molecule has 0 radical (unpaired) electrons. The normalized spacial score (nSPS) is 23.5. The first kappa shape index (κ1) is 13.2. The predicted molar refractivity (Wildman–Crippen MR) is 59.3 cm³/mol. The average molecular weight is 278 g/mol. The van der Waals surface area contributed by atoms with E-state index in [1.54, 1.807) is 0 Å². The Labute approximate surface area is 106 Å². The minimum atomic E-state index is -1.18. The van der Waals surface area contributed by atoms with Crippen LogP contribution in [0.3, 0.4) is 0 Å². The molecule has 0 spiro atoms. The van der Waals surface area contributed by atoms with E-state index in [0.29, 0.717) is 12.1 Å². The minimum absolute atomic E-state index is 0.0741. The maximum Gasteiger partial charge on any atom is 0.255 e. The summed E-state index contributed by atoms with van der Waals surface area (Å²) >= 11 is 5.67. The quantitative estimate of drug-likeness (QED) is 0.747. The molecule has 1 aromatic rings. The molecule has 1 aliphatic heterocycles. The van der Waals surface area contributed by atoms with Gasteiger partial charge in [0.05, 0.1) is 22.8 Å². The van der Waals surface area contributed by atoms with E-state index >= 15 is 0 Å². The number of aliphatic hydroxyl groups excluding tert-OH is 2. The fraction of sp³-hybridized carbons (Fsp3) is 0.364. The molecule has 1 aromatic carbocycles. The molecule has 1 aliphatic rings. The van der Waals surface area contributed by atoms with Gasteiger partial charge in [-0.05, 0) is 12.1 Å². The van der Waals surface area contributed by atoms with Crippen LogP contribution in [0, 0.1) is 11.6 Å². The van der Waals surface area contributed by atoms with Gasteiger partial charge in [-0.15, -0.1) is 0 Å². The highest BCUT2D eigenvalue weighted by Gasteiger charge is 2.33. The van der Waals surface area contributed by atoms with Crippen molar-refractivity contribution in [3.63, 3.8) is 0 Å². The number of carbonyl (C=O) groups excluding carboxylic acids is 1. The topological polar surface area (TPSA) is 60.8 Å². The first-order chi connectivity index (χ1) is 8.40.